The van der Waals surface area contributed by atoms with E-state index in [4.69, 9.17) is 9.47 Å². The first-order valence-electron chi connectivity index (χ1n) is 9.31. The number of allylic oxidation sites excluding steroid dienone is 1. The first kappa shape index (κ1) is 19.0. The fourth-order valence-electron chi connectivity index (χ4n) is 3.40. The number of methoxy groups -OCH3 is 1. The molecule has 0 bridgehead atoms. The highest BCUT2D eigenvalue weighted by Gasteiger charge is 2.35. The third-order valence-corrected chi connectivity index (χ3v) is 4.51. The molecular formula is C23H27NO3. The van der Waals surface area contributed by atoms with Crippen LogP contribution in [0.3, 0.4) is 0 Å². The van der Waals surface area contributed by atoms with Gasteiger partial charge in [0.15, 0.2) is 0 Å². The van der Waals surface area contributed by atoms with Crippen molar-refractivity contribution < 1.29 is 14.3 Å². The van der Waals surface area contributed by atoms with Crippen molar-refractivity contribution in [1.29, 1.82) is 0 Å². The summed E-state index contributed by atoms with van der Waals surface area (Å²) in [4.78, 5) is 15.0. The monoisotopic (exact) mass is 365 g/mol. The van der Waals surface area contributed by atoms with Gasteiger partial charge in [-0.2, -0.15) is 0 Å². The van der Waals surface area contributed by atoms with Crippen LogP contribution in [0.15, 0.2) is 60.7 Å². The second-order valence-electron chi connectivity index (χ2n) is 7.64. The number of rotatable bonds is 3. The largest absolute Gasteiger partial charge is 0.496 e. The predicted octanol–water partition coefficient (Wildman–Crippen LogP) is 5.81. The highest BCUT2D eigenvalue weighted by atomic mass is 16.6. The Morgan fingerprint density at radius 1 is 1.04 bits per heavy atom. The van der Waals surface area contributed by atoms with Crippen LogP contribution in [0.1, 0.15) is 50.8 Å². The molecule has 27 heavy (non-hydrogen) atoms. The quantitative estimate of drug-likeness (QED) is 0.689. The molecule has 0 aliphatic carbocycles. The van der Waals surface area contributed by atoms with Crippen LogP contribution in [0.4, 0.5) is 4.79 Å². The van der Waals surface area contributed by atoms with Crippen molar-refractivity contribution in [3.63, 3.8) is 0 Å². The van der Waals surface area contributed by atoms with Crippen LogP contribution in [0.5, 0.6) is 5.75 Å². The second kappa shape index (κ2) is 7.87. The molecular weight excluding hydrogens is 338 g/mol. The van der Waals surface area contributed by atoms with Crippen LogP contribution >= 0.6 is 0 Å². The Labute approximate surface area is 161 Å². The van der Waals surface area contributed by atoms with Gasteiger partial charge in [-0.1, -0.05) is 48.5 Å². The molecule has 0 unspecified atom stereocenters. The lowest BCUT2D eigenvalue weighted by Gasteiger charge is -2.38. The summed E-state index contributed by atoms with van der Waals surface area (Å²) in [7, 11) is 1.65. The SMILES string of the molecule is COc1ccccc1C1=CCC[C@@H](c2ccccc2)N1C(=O)OC(C)(C)C. The van der Waals surface area contributed by atoms with Crippen LogP contribution in [0.2, 0.25) is 0 Å². The smallest absolute Gasteiger partial charge is 0.415 e. The van der Waals surface area contributed by atoms with Gasteiger partial charge in [0.2, 0.25) is 0 Å². The fourth-order valence-corrected chi connectivity index (χ4v) is 3.40. The van der Waals surface area contributed by atoms with E-state index in [2.05, 4.69) is 18.2 Å². The van der Waals surface area contributed by atoms with Gasteiger partial charge in [-0.3, -0.25) is 4.90 Å². The van der Waals surface area contributed by atoms with Gasteiger partial charge in [-0.25, -0.2) is 4.79 Å². The van der Waals surface area contributed by atoms with Gasteiger partial charge in [-0.15, -0.1) is 0 Å². The fraction of sp³-hybridized carbons (Fsp3) is 0.348. The lowest BCUT2D eigenvalue weighted by molar-refractivity contribution is 0.0274. The van der Waals surface area contributed by atoms with E-state index in [0.29, 0.717) is 0 Å². The number of amides is 1. The van der Waals surface area contributed by atoms with Gasteiger partial charge in [0.05, 0.1) is 18.8 Å². The summed E-state index contributed by atoms with van der Waals surface area (Å²) in [6, 6.07) is 17.8. The second-order valence-corrected chi connectivity index (χ2v) is 7.64. The summed E-state index contributed by atoms with van der Waals surface area (Å²) >= 11 is 0. The van der Waals surface area contributed by atoms with Crippen LogP contribution in [0.25, 0.3) is 5.70 Å². The first-order valence-corrected chi connectivity index (χ1v) is 9.31. The van der Waals surface area contributed by atoms with Gasteiger partial charge >= 0.3 is 6.09 Å². The van der Waals surface area contributed by atoms with E-state index < -0.39 is 5.60 Å². The van der Waals surface area contributed by atoms with Crippen LogP contribution < -0.4 is 4.74 Å². The molecule has 1 aliphatic heterocycles. The standard InChI is InChI=1S/C23H27NO3/c1-23(2,3)27-22(25)24-19(17-11-6-5-7-12-17)14-10-15-20(24)18-13-8-9-16-21(18)26-4/h5-9,11-13,15-16,19H,10,14H2,1-4H3/t19-/m0/s1. The zero-order valence-electron chi connectivity index (χ0n) is 16.4. The molecule has 0 spiro atoms. The van der Waals surface area contributed by atoms with Gasteiger partial charge in [-0.05, 0) is 51.3 Å². The minimum absolute atomic E-state index is 0.0778. The third kappa shape index (κ3) is 4.33. The van der Waals surface area contributed by atoms with Crippen LogP contribution in [0, 0.1) is 0 Å². The summed E-state index contributed by atoms with van der Waals surface area (Å²) in [5.41, 5.74) is 2.26. The highest BCUT2D eigenvalue weighted by Crippen LogP contribution is 2.41. The summed E-state index contributed by atoms with van der Waals surface area (Å²) in [5.74, 6) is 0.742. The predicted molar refractivity (Wildman–Crippen MR) is 107 cm³/mol. The molecule has 0 aromatic heterocycles. The molecule has 3 rings (SSSR count). The normalized spacial score (nSPS) is 17.3. The lowest BCUT2D eigenvalue weighted by atomic mass is 9.93. The molecule has 142 valence electrons. The molecule has 4 heteroatoms. The molecule has 4 nitrogen and oxygen atoms in total. The number of carbonyl (C=O) groups is 1. The summed E-state index contributed by atoms with van der Waals surface area (Å²) in [6.45, 7) is 5.66. The van der Waals surface area contributed by atoms with Crippen molar-refractivity contribution in [3.8, 4) is 5.75 Å². The van der Waals surface area contributed by atoms with E-state index in [1.807, 2.05) is 63.2 Å². The lowest BCUT2D eigenvalue weighted by Crippen LogP contribution is -2.39. The molecule has 1 heterocycles. The van der Waals surface area contributed by atoms with E-state index in [1.165, 1.54) is 0 Å². The molecule has 1 atom stereocenters. The Morgan fingerprint density at radius 3 is 2.37 bits per heavy atom. The zero-order chi connectivity index (χ0) is 19.4. The first-order chi connectivity index (χ1) is 12.9. The van der Waals surface area contributed by atoms with E-state index in [-0.39, 0.29) is 12.1 Å². The summed E-state index contributed by atoms with van der Waals surface area (Å²) < 4.78 is 11.3. The highest BCUT2D eigenvalue weighted by molar-refractivity contribution is 5.85. The summed E-state index contributed by atoms with van der Waals surface area (Å²) in [5, 5.41) is 0. The van der Waals surface area contributed by atoms with E-state index in [1.54, 1.807) is 12.0 Å². The molecule has 2 aromatic carbocycles. The van der Waals surface area contributed by atoms with Crippen molar-refractivity contribution in [3.05, 3.63) is 71.8 Å². The zero-order valence-corrected chi connectivity index (χ0v) is 16.4. The van der Waals surface area contributed by atoms with Crippen molar-refractivity contribution >= 4 is 11.8 Å². The maximum absolute atomic E-state index is 13.2. The van der Waals surface area contributed by atoms with Crippen molar-refractivity contribution in [2.75, 3.05) is 7.11 Å². The number of hydrogen-bond donors (Lipinski definition) is 0. The Kier molecular flexibility index (Phi) is 5.54. The molecule has 0 saturated carbocycles. The molecule has 0 fully saturated rings. The molecule has 0 saturated heterocycles. The Balaban J connectivity index is 2.07. The van der Waals surface area contributed by atoms with E-state index in [9.17, 15) is 4.79 Å². The minimum atomic E-state index is -0.568. The Morgan fingerprint density at radius 2 is 1.70 bits per heavy atom. The summed E-state index contributed by atoms with van der Waals surface area (Å²) in [6.07, 6.45) is 3.49. The van der Waals surface area contributed by atoms with Gasteiger partial charge < -0.3 is 9.47 Å². The number of benzene rings is 2. The molecule has 0 N–H and O–H groups in total. The molecule has 0 radical (unpaired) electrons. The maximum Gasteiger partial charge on any atom is 0.415 e. The number of nitrogens with zero attached hydrogens (tertiary/aromatic N) is 1. The average molecular weight is 365 g/mol. The van der Waals surface area contributed by atoms with E-state index >= 15 is 0 Å². The third-order valence-electron chi connectivity index (χ3n) is 4.51. The van der Waals surface area contributed by atoms with Gasteiger partial charge in [0, 0.05) is 5.56 Å². The molecule has 1 amide bonds. The maximum atomic E-state index is 13.2. The average Bonchev–Trinajstić information content (AvgIpc) is 2.66. The minimum Gasteiger partial charge on any atom is -0.496 e. The van der Waals surface area contributed by atoms with Gasteiger partial charge in [0.25, 0.3) is 0 Å². The number of ether oxygens (including phenoxy) is 2. The number of hydrogen-bond acceptors (Lipinski definition) is 3. The van der Waals surface area contributed by atoms with Crippen molar-refractivity contribution in [1.82, 2.24) is 4.90 Å². The van der Waals surface area contributed by atoms with Crippen molar-refractivity contribution in [2.45, 2.75) is 45.3 Å². The van der Waals surface area contributed by atoms with Gasteiger partial charge in [0.1, 0.15) is 11.4 Å². The van der Waals surface area contributed by atoms with E-state index in [0.717, 1.165) is 35.4 Å². The number of carbonyl (C=O) groups excluding carboxylic acids is 1. The Hall–Kier alpha value is -2.75. The molecule has 2 aromatic rings. The topological polar surface area (TPSA) is 38.8 Å². The Bertz CT molecular complexity index is 821. The molecule has 1 aliphatic rings. The van der Waals surface area contributed by atoms with Crippen LogP contribution in [-0.4, -0.2) is 23.7 Å². The number of para-hydroxylation sites is 1. The van der Waals surface area contributed by atoms with Crippen LogP contribution in [-0.2, 0) is 4.74 Å². The van der Waals surface area contributed by atoms with Crippen molar-refractivity contribution in [2.24, 2.45) is 0 Å².